The summed E-state index contributed by atoms with van der Waals surface area (Å²) >= 11 is 0. The Morgan fingerprint density at radius 3 is 2.22 bits per heavy atom. The number of nitrogens with zero attached hydrogens (tertiary/aromatic N) is 1. The number of fused-ring (bicyclic) bond motifs is 2. The lowest BCUT2D eigenvalue weighted by Gasteiger charge is -2.52. The van der Waals surface area contributed by atoms with Crippen molar-refractivity contribution < 1.29 is 21.7 Å². The van der Waals surface area contributed by atoms with E-state index in [1.54, 1.807) is 65.7 Å². The number of allylic oxidation sites excluding steroid dienone is 1. The quantitative estimate of drug-likeness (QED) is 0.431. The second-order valence-corrected chi connectivity index (χ2v) is 14.2. The van der Waals surface area contributed by atoms with Crippen molar-refractivity contribution in [1.82, 2.24) is 5.06 Å². The molecule has 0 amide bonds. The Kier molecular flexibility index (Phi) is 6.11. The molecule has 6 nitrogen and oxygen atoms in total. The molecule has 1 saturated heterocycles. The second-order valence-electron chi connectivity index (χ2n) is 10.0. The zero-order chi connectivity index (χ0) is 25.7. The van der Waals surface area contributed by atoms with Gasteiger partial charge in [0.15, 0.2) is 15.3 Å². The number of benzene rings is 3. The summed E-state index contributed by atoms with van der Waals surface area (Å²) in [6, 6.07) is 25.1. The first-order chi connectivity index (χ1) is 17.8. The molecule has 0 radical (unpaired) electrons. The lowest BCUT2D eigenvalue weighted by Crippen LogP contribution is -2.57. The van der Waals surface area contributed by atoms with Gasteiger partial charge in [0, 0.05) is 24.8 Å². The van der Waals surface area contributed by atoms with E-state index in [-0.39, 0.29) is 40.3 Å². The van der Waals surface area contributed by atoms with E-state index in [2.05, 4.69) is 24.3 Å². The van der Waals surface area contributed by atoms with Gasteiger partial charge in [-0.3, -0.25) is 4.84 Å². The van der Waals surface area contributed by atoms with Gasteiger partial charge in [0.1, 0.15) is 0 Å². The molecule has 6 rings (SSSR count). The van der Waals surface area contributed by atoms with Crippen molar-refractivity contribution in [2.75, 3.05) is 12.3 Å². The third-order valence-electron chi connectivity index (χ3n) is 8.14. The topological polar surface area (TPSA) is 80.8 Å². The van der Waals surface area contributed by atoms with Gasteiger partial charge in [-0.15, -0.1) is 0 Å². The fourth-order valence-electron chi connectivity index (χ4n) is 6.38. The van der Waals surface area contributed by atoms with E-state index in [0.29, 0.717) is 0 Å². The van der Waals surface area contributed by atoms with Crippen molar-refractivity contribution in [3.8, 4) is 0 Å². The molecule has 2 unspecified atom stereocenters. The van der Waals surface area contributed by atoms with Gasteiger partial charge in [0.05, 0.1) is 21.1 Å². The summed E-state index contributed by atoms with van der Waals surface area (Å²) in [5, 5.41) is 1.73. The Balaban J connectivity index is 1.41. The van der Waals surface area contributed by atoms with Gasteiger partial charge in [0.25, 0.3) is 0 Å². The van der Waals surface area contributed by atoms with Crippen LogP contribution in [0.15, 0.2) is 107 Å². The molecule has 1 aliphatic heterocycles. The van der Waals surface area contributed by atoms with E-state index in [1.165, 1.54) is 11.1 Å². The monoisotopic (exact) mass is 535 g/mol. The van der Waals surface area contributed by atoms with Crippen LogP contribution in [0.5, 0.6) is 0 Å². The van der Waals surface area contributed by atoms with Crippen LogP contribution >= 0.6 is 0 Å². The van der Waals surface area contributed by atoms with Crippen LogP contribution in [0.25, 0.3) is 0 Å². The van der Waals surface area contributed by atoms with Crippen LogP contribution in [-0.4, -0.2) is 45.2 Å². The fourth-order valence-corrected chi connectivity index (χ4v) is 9.14. The predicted octanol–water partition coefficient (Wildman–Crippen LogP) is 4.55. The predicted molar refractivity (Wildman–Crippen MR) is 141 cm³/mol. The first-order valence-corrected chi connectivity index (χ1v) is 15.8. The number of hydrogen-bond acceptors (Lipinski definition) is 6. The molecule has 0 aromatic heterocycles. The zero-order valence-corrected chi connectivity index (χ0v) is 21.9. The summed E-state index contributed by atoms with van der Waals surface area (Å²) in [5.41, 5.74) is 0.720. The number of sulfone groups is 2. The van der Waals surface area contributed by atoms with Gasteiger partial charge in [-0.2, -0.15) is 5.06 Å². The Morgan fingerprint density at radius 1 is 0.838 bits per heavy atom. The van der Waals surface area contributed by atoms with Crippen LogP contribution in [-0.2, 0) is 30.9 Å². The molecule has 0 N–H and O–H groups in total. The van der Waals surface area contributed by atoms with Crippen LogP contribution < -0.4 is 0 Å². The largest absolute Gasteiger partial charge is 0.278 e. The van der Waals surface area contributed by atoms with Gasteiger partial charge >= 0.3 is 0 Å². The van der Waals surface area contributed by atoms with Crippen LogP contribution in [0.1, 0.15) is 29.9 Å². The maximum absolute atomic E-state index is 13.7. The van der Waals surface area contributed by atoms with E-state index in [0.717, 1.165) is 12.8 Å². The normalized spacial score (nSPS) is 27.3. The van der Waals surface area contributed by atoms with Crippen LogP contribution in [0.2, 0.25) is 0 Å². The molecule has 1 spiro atoms. The molecule has 3 aliphatic rings. The minimum Gasteiger partial charge on any atom is -0.278 e. The summed E-state index contributed by atoms with van der Waals surface area (Å²) in [5.74, 6) is -0.152. The summed E-state index contributed by atoms with van der Waals surface area (Å²) < 4.78 is 53.8. The molecule has 2 aliphatic carbocycles. The van der Waals surface area contributed by atoms with E-state index in [4.69, 9.17) is 4.84 Å². The lowest BCUT2D eigenvalue weighted by molar-refractivity contribution is -0.187. The Labute approximate surface area is 218 Å². The van der Waals surface area contributed by atoms with Gasteiger partial charge in [-0.05, 0) is 48.2 Å². The van der Waals surface area contributed by atoms with Gasteiger partial charge in [-0.1, -0.05) is 72.8 Å². The number of rotatable bonds is 6. The summed E-state index contributed by atoms with van der Waals surface area (Å²) in [6.45, 7) is 0.0844. The average molecular weight is 536 g/mol. The molecule has 3 aromatic carbocycles. The fraction of sp³-hybridized carbons (Fsp3) is 0.310. The van der Waals surface area contributed by atoms with Crippen molar-refractivity contribution in [3.63, 3.8) is 0 Å². The Hall–Kier alpha value is -2.78. The van der Waals surface area contributed by atoms with Crippen LogP contribution in [0, 0.1) is 5.92 Å². The van der Waals surface area contributed by atoms with Crippen molar-refractivity contribution in [2.24, 2.45) is 5.92 Å². The summed E-state index contributed by atoms with van der Waals surface area (Å²) in [4.78, 5) is 6.77. The molecule has 8 heteroatoms. The van der Waals surface area contributed by atoms with E-state index in [1.807, 2.05) is 12.1 Å². The first-order valence-electron chi connectivity index (χ1n) is 12.6. The van der Waals surface area contributed by atoms with Crippen molar-refractivity contribution in [3.05, 3.63) is 108 Å². The maximum atomic E-state index is 13.7. The van der Waals surface area contributed by atoms with Gasteiger partial charge in [-0.25, -0.2) is 16.8 Å². The third-order valence-corrected chi connectivity index (χ3v) is 11.7. The smallest absolute Gasteiger partial charge is 0.207 e. The lowest BCUT2D eigenvalue weighted by atomic mass is 9.59. The van der Waals surface area contributed by atoms with E-state index < -0.39 is 30.6 Å². The van der Waals surface area contributed by atoms with Gasteiger partial charge < -0.3 is 0 Å². The molecular weight excluding hydrogens is 506 g/mol. The number of hydroxylamine groups is 2. The average Bonchev–Trinajstić information content (AvgIpc) is 3.29. The summed E-state index contributed by atoms with van der Waals surface area (Å²) in [7, 11) is -7.38. The Bertz CT molecular complexity index is 1540. The minimum absolute atomic E-state index is 0.00264. The Morgan fingerprint density at radius 2 is 1.49 bits per heavy atom. The maximum Gasteiger partial charge on any atom is 0.207 e. The second kappa shape index (κ2) is 9.20. The van der Waals surface area contributed by atoms with Crippen molar-refractivity contribution >= 4 is 19.7 Å². The third kappa shape index (κ3) is 4.07. The highest BCUT2D eigenvalue weighted by Crippen LogP contribution is 2.57. The van der Waals surface area contributed by atoms with Crippen LogP contribution in [0.3, 0.4) is 0 Å². The molecule has 0 saturated carbocycles. The molecular formula is C29H29NO5S2. The molecule has 3 aromatic rings. The summed E-state index contributed by atoms with van der Waals surface area (Å²) in [6.07, 6.45) is 6.13. The highest BCUT2D eigenvalue weighted by atomic mass is 32.2. The molecule has 4 atom stereocenters. The molecule has 2 bridgehead atoms. The van der Waals surface area contributed by atoms with Crippen molar-refractivity contribution in [1.29, 1.82) is 0 Å². The molecule has 37 heavy (non-hydrogen) atoms. The van der Waals surface area contributed by atoms with E-state index >= 15 is 0 Å². The highest BCUT2D eigenvalue weighted by molar-refractivity contribution is 7.92. The molecule has 1 heterocycles. The first kappa shape index (κ1) is 24.6. The minimum atomic E-state index is -3.80. The van der Waals surface area contributed by atoms with E-state index in [9.17, 15) is 16.8 Å². The SMILES string of the molecule is O=S(=O)(CCN1O[C@@H](S(=O)(=O)c2ccccc2)C[C@]12C1C=CCC2c2ccccc2C1)c1ccccc1. The number of hydrogen-bond donors (Lipinski definition) is 0. The van der Waals surface area contributed by atoms with Crippen molar-refractivity contribution in [2.45, 2.75) is 45.9 Å². The molecule has 1 fully saturated rings. The molecule has 192 valence electrons. The van der Waals surface area contributed by atoms with Gasteiger partial charge in [0.2, 0.25) is 9.84 Å². The highest BCUT2D eigenvalue weighted by Gasteiger charge is 2.61. The zero-order valence-electron chi connectivity index (χ0n) is 20.3. The van der Waals surface area contributed by atoms with Crippen LogP contribution in [0.4, 0.5) is 0 Å². The standard InChI is InChI=1S/C29H29NO5S2/c31-36(32,24-12-3-1-4-13-24)19-18-30-29(21-28(35-30)37(33,34)25-14-5-2-6-15-25)23-11-9-17-27(29)26-16-8-7-10-22(26)20-23/h1-16,23,27-28H,17-21H2/t23?,27?,28-,29+/m0/s1.